The lowest BCUT2D eigenvalue weighted by atomic mass is 9.84. The number of benzene rings is 2. The molecule has 0 aromatic heterocycles. The van der Waals surface area contributed by atoms with Crippen LogP contribution in [0.3, 0.4) is 0 Å². The summed E-state index contributed by atoms with van der Waals surface area (Å²) >= 11 is 39.0. The highest BCUT2D eigenvalue weighted by molar-refractivity contribution is 6.66. The number of hydrogen-bond acceptors (Lipinski definition) is 8. The number of ketones is 1. The second kappa shape index (κ2) is 10.0. The zero-order valence-corrected chi connectivity index (χ0v) is 24.8. The summed E-state index contributed by atoms with van der Waals surface area (Å²) in [5.41, 5.74) is -2.01. The average Bonchev–Trinajstić information content (AvgIpc) is 3.34. The van der Waals surface area contributed by atoms with Gasteiger partial charge in [-0.05, 0) is 6.07 Å². The fourth-order valence-electron chi connectivity index (χ4n) is 5.42. The minimum Gasteiger partial charge on any atom is -0.292 e. The van der Waals surface area contributed by atoms with Crippen LogP contribution in [0.25, 0.3) is 0 Å². The molecule has 0 radical (unpaired) electrons. The van der Waals surface area contributed by atoms with Gasteiger partial charge in [-0.1, -0.05) is 70.7 Å². The molecule has 42 heavy (non-hydrogen) atoms. The first-order valence-electron chi connectivity index (χ1n) is 11.6. The number of allylic oxidation sites excluding steroid dienone is 2. The van der Waals surface area contributed by atoms with Gasteiger partial charge in [0.1, 0.15) is 21.9 Å². The minimum absolute atomic E-state index is 0.264. The first kappa shape index (κ1) is 30.5. The number of imide groups is 1. The zero-order chi connectivity index (χ0) is 31.1. The summed E-state index contributed by atoms with van der Waals surface area (Å²) in [5.74, 6) is -8.03. The summed E-state index contributed by atoms with van der Waals surface area (Å²) < 4.78 is -2.28. The van der Waals surface area contributed by atoms with Gasteiger partial charge < -0.3 is 0 Å². The highest BCUT2D eigenvalue weighted by Gasteiger charge is 2.88. The lowest BCUT2D eigenvalue weighted by Gasteiger charge is -2.36. The van der Waals surface area contributed by atoms with Gasteiger partial charge in [-0.15, -0.1) is 23.2 Å². The number of rotatable bonds is 7. The Bertz CT molecular complexity index is 1640. The fraction of sp³-hybridized carbons (Fsp3) is 0.250. The molecule has 2 aliphatic carbocycles. The molecule has 1 aliphatic heterocycles. The van der Waals surface area contributed by atoms with Gasteiger partial charge in [0, 0.05) is 23.8 Å². The van der Waals surface area contributed by atoms with Crippen LogP contribution in [0.15, 0.2) is 58.6 Å². The molecular formula is C24H12Cl6N4O8. The molecule has 18 heteroatoms. The molecule has 1 saturated heterocycles. The Morgan fingerprint density at radius 2 is 1.40 bits per heavy atom. The SMILES string of the molecule is O=C(CN(C(=O)c1ccccc1[N+](=O)[O-])N1C(=O)[C@H]2[C@H](C1=O)[C@@]1(Cl)C(Cl)=C(Cl)[C@@]2(Cl)C1(Cl)Cl)c1cccc([N+](=O)[O-])c1. The molecule has 0 spiro atoms. The Balaban J connectivity index is 1.63. The second-order valence-electron chi connectivity index (χ2n) is 9.44. The summed E-state index contributed by atoms with van der Waals surface area (Å²) in [5, 5.41) is 22.8. The van der Waals surface area contributed by atoms with Crippen molar-refractivity contribution >= 4 is 104 Å². The Hall–Kier alpha value is -3.00. The number of nitro benzene ring substituents is 2. The van der Waals surface area contributed by atoms with Crippen LogP contribution in [-0.2, 0) is 9.59 Å². The Kier molecular flexibility index (Phi) is 7.28. The van der Waals surface area contributed by atoms with Crippen molar-refractivity contribution in [3.63, 3.8) is 0 Å². The van der Waals surface area contributed by atoms with E-state index in [0.29, 0.717) is 5.01 Å². The first-order valence-corrected chi connectivity index (χ1v) is 13.8. The molecule has 2 aromatic rings. The molecule has 1 saturated carbocycles. The normalized spacial score (nSPS) is 27.3. The molecule has 1 heterocycles. The number of hydrazine groups is 1. The van der Waals surface area contributed by atoms with E-state index >= 15 is 0 Å². The van der Waals surface area contributed by atoms with Crippen molar-refractivity contribution in [1.82, 2.24) is 10.0 Å². The Labute approximate surface area is 264 Å². The maximum absolute atomic E-state index is 13.9. The van der Waals surface area contributed by atoms with E-state index in [1.165, 1.54) is 24.3 Å². The first-order chi connectivity index (χ1) is 19.5. The van der Waals surface area contributed by atoms with Gasteiger partial charge in [-0.2, -0.15) is 5.01 Å². The van der Waals surface area contributed by atoms with E-state index in [0.717, 1.165) is 24.3 Å². The van der Waals surface area contributed by atoms with E-state index in [9.17, 15) is 39.4 Å². The Morgan fingerprint density at radius 1 is 0.857 bits per heavy atom. The summed E-state index contributed by atoms with van der Waals surface area (Å²) in [4.78, 5) is 71.8. The van der Waals surface area contributed by atoms with E-state index < -0.39 is 92.8 Å². The highest BCUT2D eigenvalue weighted by atomic mass is 35.5. The standard InChI is InChI=1S/C24H12Cl6N4O8/c25-17-18(26)23(28)16-15(22(17,27)24(23,29)30)20(37)32(21(16)38)31(19(36)12-6-1-2-7-13(12)34(41)42)9-14(35)10-4-3-5-11(8-10)33(39)40/h1-8,15-16H,9H2/t15-,16-,22-,23-/m1/s1. The monoisotopic (exact) mass is 694 g/mol. The highest BCUT2D eigenvalue weighted by Crippen LogP contribution is 2.77. The molecule has 4 atom stereocenters. The number of halogens is 6. The second-order valence-corrected chi connectivity index (χ2v) is 12.7. The molecule has 2 fully saturated rings. The molecule has 0 N–H and O–H groups in total. The van der Waals surface area contributed by atoms with Crippen LogP contribution in [0, 0.1) is 32.1 Å². The van der Waals surface area contributed by atoms with Gasteiger partial charge in [0.2, 0.25) is 0 Å². The van der Waals surface area contributed by atoms with Gasteiger partial charge in [0.25, 0.3) is 29.1 Å². The maximum Gasteiger partial charge on any atom is 0.282 e. The van der Waals surface area contributed by atoms with Crippen molar-refractivity contribution in [2.75, 3.05) is 6.54 Å². The predicted molar refractivity (Wildman–Crippen MR) is 151 cm³/mol. The predicted octanol–water partition coefficient (Wildman–Crippen LogP) is 5.19. The molecule has 0 unspecified atom stereocenters. The van der Waals surface area contributed by atoms with Crippen LogP contribution in [0.4, 0.5) is 11.4 Å². The van der Waals surface area contributed by atoms with Crippen molar-refractivity contribution in [1.29, 1.82) is 0 Å². The van der Waals surface area contributed by atoms with Crippen molar-refractivity contribution < 1.29 is 29.0 Å². The molecule has 2 aromatic carbocycles. The van der Waals surface area contributed by atoms with Crippen LogP contribution in [0.5, 0.6) is 0 Å². The molecule has 3 amide bonds. The quantitative estimate of drug-likeness (QED) is 0.126. The van der Waals surface area contributed by atoms with Gasteiger partial charge in [-0.3, -0.25) is 39.4 Å². The van der Waals surface area contributed by atoms with Crippen LogP contribution < -0.4 is 0 Å². The van der Waals surface area contributed by atoms with Crippen LogP contribution in [0.1, 0.15) is 20.7 Å². The number of carbonyl (C=O) groups is 4. The molecule has 5 rings (SSSR count). The number of nitrogens with zero attached hydrogens (tertiary/aromatic N) is 4. The lowest BCUT2D eigenvalue weighted by molar-refractivity contribution is -0.385. The van der Waals surface area contributed by atoms with Gasteiger partial charge in [0.15, 0.2) is 10.1 Å². The number of fused-ring (bicyclic) bond motifs is 5. The number of para-hydroxylation sites is 1. The van der Waals surface area contributed by atoms with E-state index in [1.54, 1.807) is 0 Å². The van der Waals surface area contributed by atoms with E-state index in [1.807, 2.05) is 0 Å². The van der Waals surface area contributed by atoms with Crippen molar-refractivity contribution in [3.05, 3.63) is 90.0 Å². The van der Waals surface area contributed by atoms with Gasteiger partial charge >= 0.3 is 0 Å². The van der Waals surface area contributed by atoms with Gasteiger partial charge in [0.05, 0.1) is 31.7 Å². The smallest absolute Gasteiger partial charge is 0.282 e. The summed E-state index contributed by atoms with van der Waals surface area (Å²) in [6.45, 7) is -1.07. The fourth-order valence-corrected chi connectivity index (χ4v) is 8.35. The third kappa shape index (κ3) is 3.82. The van der Waals surface area contributed by atoms with Crippen LogP contribution in [0.2, 0.25) is 0 Å². The largest absolute Gasteiger partial charge is 0.292 e. The molecule has 3 aliphatic rings. The third-order valence-electron chi connectivity index (χ3n) is 7.36. The number of carbonyl (C=O) groups excluding carboxylic acids is 4. The number of amides is 3. The number of alkyl halides is 4. The summed E-state index contributed by atoms with van der Waals surface area (Å²) in [6.07, 6.45) is 0. The van der Waals surface area contributed by atoms with Crippen LogP contribution in [-0.4, -0.2) is 64.0 Å². The number of hydrogen-bond donors (Lipinski definition) is 0. The number of nitro groups is 2. The molecule has 218 valence electrons. The molecule has 12 nitrogen and oxygen atoms in total. The Morgan fingerprint density at radius 3 is 1.93 bits per heavy atom. The van der Waals surface area contributed by atoms with Crippen LogP contribution >= 0.6 is 69.6 Å². The lowest BCUT2D eigenvalue weighted by Crippen LogP contribution is -2.56. The average molecular weight is 697 g/mol. The zero-order valence-electron chi connectivity index (χ0n) is 20.3. The van der Waals surface area contributed by atoms with E-state index in [4.69, 9.17) is 69.6 Å². The van der Waals surface area contributed by atoms with E-state index in [2.05, 4.69) is 0 Å². The summed E-state index contributed by atoms with van der Waals surface area (Å²) in [7, 11) is 0. The van der Waals surface area contributed by atoms with Crippen molar-refractivity contribution in [2.45, 2.75) is 14.1 Å². The molecular weight excluding hydrogens is 685 g/mol. The number of non-ortho nitro benzene ring substituents is 1. The third-order valence-corrected chi connectivity index (χ3v) is 11.6. The molecule has 2 bridgehead atoms. The minimum atomic E-state index is -2.28. The van der Waals surface area contributed by atoms with Crippen molar-refractivity contribution in [2.24, 2.45) is 11.8 Å². The van der Waals surface area contributed by atoms with Crippen molar-refractivity contribution in [3.8, 4) is 0 Å². The van der Waals surface area contributed by atoms with E-state index in [-0.39, 0.29) is 10.6 Å². The van der Waals surface area contributed by atoms with Gasteiger partial charge in [-0.25, -0.2) is 5.01 Å². The summed E-state index contributed by atoms with van der Waals surface area (Å²) in [6, 6.07) is 9.03. The number of Topliss-reactive ketones (excluding diaryl/α,β-unsaturated/α-hetero) is 1. The maximum atomic E-state index is 13.9. The topological polar surface area (TPSA) is 161 Å².